The molecule has 4 heteroatoms. The lowest BCUT2D eigenvalue weighted by Crippen LogP contribution is -2.44. The summed E-state index contributed by atoms with van der Waals surface area (Å²) >= 11 is 0. The predicted octanol–water partition coefficient (Wildman–Crippen LogP) is 3.45. The molecule has 122 valence electrons. The molecule has 0 aromatic heterocycles. The number of ether oxygens (including phenoxy) is 1. The molecule has 0 heterocycles. The molecule has 0 fully saturated rings. The summed E-state index contributed by atoms with van der Waals surface area (Å²) in [5.41, 5.74) is 1.34. The van der Waals surface area contributed by atoms with Crippen LogP contribution in [0.5, 0.6) is 0 Å². The third-order valence-corrected chi connectivity index (χ3v) is 3.68. The second-order valence-corrected chi connectivity index (χ2v) is 7.19. The lowest BCUT2D eigenvalue weighted by Gasteiger charge is -2.24. The second-order valence-electron chi connectivity index (χ2n) is 7.19. The van der Waals surface area contributed by atoms with Crippen molar-refractivity contribution in [1.82, 2.24) is 5.32 Å². The van der Waals surface area contributed by atoms with E-state index in [0.29, 0.717) is 5.56 Å². The van der Waals surface area contributed by atoms with Crippen LogP contribution in [0.1, 0.15) is 63.9 Å². The Morgan fingerprint density at radius 2 is 1.59 bits per heavy atom. The lowest BCUT2D eigenvalue weighted by atomic mass is 9.87. The van der Waals surface area contributed by atoms with Gasteiger partial charge in [0.25, 0.3) is 5.91 Å². The van der Waals surface area contributed by atoms with Gasteiger partial charge in [-0.1, -0.05) is 39.8 Å². The van der Waals surface area contributed by atoms with Crippen LogP contribution in [0.3, 0.4) is 0 Å². The molecule has 0 aliphatic rings. The van der Waals surface area contributed by atoms with Gasteiger partial charge in [0.2, 0.25) is 0 Å². The van der Waals surface area contributed by atoms with Gasteiger partial charge in [0.1, 0.15) is 0 Å². The fourth-order valence-electron chi connectivity index (χ4n) is 1.82. The van der Waals surface area contributed by atoms with E-state index in [4.69, 9.17) is 4.74 Å². The van der Waals surface area contributed by atoms with E-state index < -0.39 is 5.97 Å². The maximum atomic E-state index is 11.9. The number of hydrogen-bond acceptors (Lipinski definition) is 3. The molecular formula is C18H27NO3. The Balaban J connectivity index is 2.58. The molecule has 22 heavy (non-hydrogen) atoms. The molecule has 0 saturated carbocycles. The van der Waals surface area contributed by atoms with Crippen LogP contribution >= 0.6 is 0 Å². The van der Waals surface area contributed by atoms with Crippen molar-refractivity contribution in [2.24, 2.45) is 0 Å². The van der Waals surface area contributed by atoms with Crippen molar-refractivity contribution in [1.29, 1.82) is 0 Å². The van der Waals surface area contributed by atoms with E-state index in [1.54, 1.807) is 12.1 Å². The van der Waals surface area contributed by atoms with Crippen molar-refractivity contribution in [3.8, 4) is 0 Å². The Morgan fingerprint density at radius 1 is 1.05 bits per heavy atom. The normalized spacial score (nSPS) is 11.9. The fraction of sp³-hybridized carbons (Fsp3) is 0.556. The maximum absolute atomic E-state index is 11.9. The molecule has 1 aromatic rings. The zero-order chi connectivity index (χ0) is 17.0. The van der Waals surface area contributed by atoms with E-state index in [2.05, 4.69) is 26.1 Å². The number of hydrogen-bond donors (Lipinski definition) is 1. The summed E-state index contributed by atoms with van der Waals surface area (Å²) < 4.78 is 5.05. The molecular weight excluding hydrogens is 278 g/mol. The molecule has 1 rings (SSSR count). The molecule has 0 aliphatic carbocycles. The van der Waals surface area contributed by atoms with Gasteiger partial charge in [-0.25, -0.2) is 4.79 Å². The van der Waals surface area contributed by atoms with Crippen LogP contribution in [-0.4, -0.2) is 24.0 Å². The molecule has 1 amide bonds. The summed E-state index contributed by atoms with van der Waals surface area (Å²) in [6.07, 6.45) is 0.806. The highest BCUT2D eigenvalue weighted by molar-refractivity contribution is 5.91. The molecule has 1 aromatic carbocycles. The van der Waals surface area contributed by atoms with Gasteiger partial charge in [-0.2, -0.15) is 0 Å². The van der Waals surface area contributed by atoms with Crippen LogP contribution in [0.25, 0.3) is 0 Å². The Bertz CT molecular complexity index is 524. The first kappa shape index (κ1) is 18.2. The molecule has 0 unspecified atom stereocenters. The number of nitrogens with one attached hydrogen (secondary N) is 1. The number of carbonyl (C=O) groups excluding carboxylic acids is 2. The molecule has 0 radical (unpaired) electrons. The number of carbonyl (C=O) groups is 2. The van der Waals surface area contributed by atoms with Crippen molar-refractivity contribution in [3.63, 3.8) is 0 Å². The highest BCUT2D eigenvalue weighted by atomic mass is 16.5. The number of rotatable bonds is 5. The van der Waals surface area contributed by atoms with Gasteiger partial charge in [-0.15, -0.1) is 0 Å². The van der Waals surface area contributed by atoms with Crippen LogP contribution in [-0.2, 0) is 14.9 Å². The smallest absolute Gasteiger partial charge is 0.338 e. The summed E-state index contributed by atoms with van der Waals surface area (Å²) in [4.78, 5) is 23.7. The highest BCUT2D eigenvalue weighted by Crippen LogP contribution is 2.22. The van der Waals surface area contributed by atoms with Crippen molar-refractivity contribution in [2.75, 3.05) is 6.61 Å². The second kappa shape index (κ2) is 6.95. The molecule has 0 bridgehead atoms. The third kappa shape index (κ3) is 5.51. The van der Waals surface area contributed by atoms with Crippen molar-refractivity contribution < 1.29 is 14.3 Å². The lowest BCUT2D eigenvalue weighted by molar-refractivity contribution is -0.125. The molecule has 0 atom stereocenters. The minimum atomic E-state index is -0.482. The first-order valence-electron chi connectivity index (χ1n) is 7.64. The fourth-order valence-corrected chi connectivity index (χ4v) is 1.82. The molecule has 0 aliphatic heterocycles. The summed E-state index contributed by atoms with van der Waals surface area (Å²) in [5.74, 6) is -0.767. The average Bonchev–Trinajstić information content (AvgIpc) is 2.43. The largest absolute Gasteiger partial charge is 0.452 e. The Hall–Kier alpha value is -1.84. The molecule has 1 N–H and O–H groups in total. The van der Waals surface area contributed by atoms with E-state index in [1.807, 2.05) is 32.9 Å². The van der Waals surface area contributed by atoms with Gasteiger partial charge in [0, 0.05) is 5.54 Å². The van der Waals surface area contributed by atoms with Gasteiger partial charge in [-0.05, 0) is 43.4 Å². The van der Waals surface area contributed by atoms with Crippen LogP contribution in [0, 0.1) is 0 Å². The predicted molar refractivity (Wildman–Crippen MR) is 87.9 cm³/mol. The highest BCUT2D eigenvalue weighted by Gasteiger charge is 2.19. The molecule has 4 nitrogen and oxygen atoms in total. The van der Waals surface area contributed by atoms with E-state index >= 15 is 0 Å². The summed E-state index contributed by atoms with van der Waals surface area (Å²) in [6.45, 7) is 11.9. The van der Waals surface area contributed by atoms with Crippen molar-refractivity contribution >= 4 is 11.9 Å². The average molecular weight is 305 g/mol. The number of amides is 1. The molecule has 0 spiro atoms. The molecule has 0 saturated heterocycles. The van der Waals surface area contributed by atoms with Gasteiger partial charge in [0.15, 0.2) is 6.61 Å². The SMILES string of the molecule is CCC(C)(C)NC(=O)COC(=O)c1ccc(C(C)(C)C)cc1. The zero-order valence-electron chi connectivity index (χ0n) is 14.4. The van der Waals surface area contributed by atoms with Gasteiger partial charge in [-0.3, -0.25) is 4.79 Å². The Labute approximate surface area is 133 Å². The van der Waals surface area contributed by atoms with Crippen molar-refractivity contribution in [2.45, 2.75) is 58.9 Å². The van der Waals surface area contributed by atoms with Crippen molar-refractivity contribution in [3.05, 3.63) is 35.4 Å². The monoisotopic (exact) mass is 305 g/mol. The van der Waals surface area contributed by atoms with E-state index in [-0.39, 0.29) is 23.5 Å². The standard InChI is InChI=1S/C18H27NO3/c1-7-18(5,6)19-15(20)12-22-16(21)13-8-10-14(11-9-13)17(2,3)4/h8-11H,7,12H2,1-6H3,(H,19,20). The van der Waals surface area contributed by atoms with E-state index in [0.717, 1.165) is 12.0 Å². The third-order valence-electron chi connectivity index (χ3n) is 3.68. The summed E-state index contributed by atoms with van der Waals surface area (Å²) in [5, 5.41) is 2.83. The minimum absolute atomic E-state index is 0.0358. The summed E-state index contributed by atoms with van der Waals surface area (Å²) in [7, 11) is 0. The van der Waals surface area contributed by atoms with Gasteiger partial charge >= 0.3 is 5.97 Å². The number of esters is 1. The topological polar surface area (TPSA) is 55.4 Å². The van der Waals surface area contributed by atoms with E-state index in [9.17, 15) is 9.59 Å². The number of benzene rings is 1. The first-order valence-corrected chi connectivity index (χ1v) is 7.64. The van der Waals surface area contributed by atoms with E-state index in [1.165, 1.54) is 0 Å². The van der Waals surface area contributed by atoms with Crippen LogP contribution in [0.15, 0.2) is 24.3 Å². The van der Waals surface area contributed by atoms with Gasteiger partial charge in [0.05, 0.1) is 5.56 Å². The quantitative estimate of drug-likeness (QED) is 0.848. The minimum Gasteiger partial charge on any atom is -0.452 e. The summed E-state index contributed by atoms with van der Waals surface area (Å²) in [6, 6.07) is 7.29. The Kier molecular flexibility index (Phi) is 5.75. The van der Waals surface area contributed by atoms with Crippen LogP contribution in [0.4, 0.5) is 0 Å². The van der Waals surface area contributed by atoms with Gasteiger partial charge < -0.3 is 10.1 Å². The first-order chi connectivity index (χ1) is 10.0. The van der Waals surface area contributed by atoms with Crippen LogP contribution < -0.4 is 5.32 Å². The zero-order valence-corrected chi connectivity index (χ0v) is 14.4. The maximum Gasteiger partial charge on any atom is 0.338 e. The van der Waals surface area contributed by atoms with Crippen LogP contribution in [0.2, 0.25) is 0 Å². The Morgan fingerprint density at radius 3 is 2.05 bits per heavy atom.